The SMILES string of the molecule is O=C(Cc1cccs1)N[C@@H]1CCOC[C@H]1OCC1CCC1. The molecule has 5 heteroatoms. The van der Waals surface area contributed by atoms with Gasteiger partial charge in [0.2, 0.25) is 5.91 Å². The van der Waals surface area contributed by atoms with Gasteiger partial charge in [0, 0.05) is 18.1 Å². The Labute approximate surface area is 129 Å². The van der Waals surface area contributed by atoms with E-state index >= 15 is 0 Å². The van der Waals surface area contributed by atoms with Crippen molar-refractivity contribution in [3.05, 3.63) is 22.4 Å². The lowest BCUT2D eigenvalue weighted by atomic mass is 9.86. The molecule has 0 spiro atoms. The summed E-state index contributed by atoms with van der Waals surface area (Å²) in [5.74, 6) is 0.802. The zero-order valence-electron chi connectivity index (χ0n) is 12.3. The van der Waals surface area contributed by atoms with Crippen LogP contribution < -0.4 is 5.32 Å². The normalized spacial score (nSPS) is 26.3. The van der Waals surface area contributed by atoms with Crippen LogP contribution in [0.15, 0.2) is 17.5 Å². The fourth-order valence-corrected chi connectivity index (χ4v) is 3.49. The minimum Gasteiger partial charge on any atom is -0.379 e. The molecule has 3 rings (SSSR count). The molecule has 1 amide bonds. The van der Waals surface area contributed by atoms with Crippen molar-refractivity contribution in [1.82, 2.24) is 5.32 Å². The van der Waals surface area contributed by atoms with Gasteiger partial charge in [0.05, 0.1) is 19.1 Å². The summed E-state index contributed by atoms with van der Waals surface area (Å²) in [6, 6.07) is 4.07. The van der Waals surface area contributed by atoms with E-state index in [1.54, 1.807) is 11.3 Å². The summed E-state index contributed by atoms with van der Waals surface area (Å²) in [5, 5.41) is 5.13. The number of hydrogen-bond acceptors (Lipinski definition) is 4. The minimum atomic E-state index is 0.00614. The largest absolute Gasteiger partial charge is 0.379 e. The Hall–Kier alpha value is -0.910. The van der Waals surface area contributed by atoms with Crippen LogP contribution in [0.1, 0.15) is 30.6 Å². The number of ether oxygens (including phenoxy) is 2. The van der Waals surface area contributed by atoms with Crippen molar-refractivity contribution < 1.29 is 14.3 Å². The highest BCUT2D eigenvalue weighted by Gasteiger charge is 2.29. The number of amides is 1. The Morgan fingerprint density at radius 2 is 2.33 bits per heavy atom. The first-order valence-corrected chi connectivity index (χ1v) is 8.70. The van der Waals surface area contributed by atoms with E-state index in [0.29, 0.717) is 19.6 Å². The van der Waals surface area contributed by atoms with E-state index < -0.39 is 0 Å². The van der Waals surface area contributed by atoms with Crippen LogP contribution in [0.2, 0.25) is 0 Å². The molecule has 0 bridgehead atoms. The van der Waals surface area contributed by atoms with Crippen LogP contribution >= 0.6 is 11.3 Å². The monoisotopic (exact) mass is 309 g/mol. The lowest BCUT2D eigenvalue weighted by molar-refractivity contribution is -0.126. The molecular weight excluding hydrogens is 286 g/mol. The Kier molecular flexibility index (Phi) is 5.27. The molecular formula is C16H23NO3S. The molecule has 1 N–H and O–H groups in total. The summed E-state index contributed by atoms with van der Waals surface area (Å²) in [4.78, 5) is 13.2. The van der Waals surface area contributed by atoms with Crippen LogP contribution in [0.25, 0.3) is 0 Å². The van der Waals surface area contributed by atoms with Gasteiger partial charge in [0.25, 0.3) is 0 Å². The molecule has 2 aliphatic rings. The van der Waals surface area contributed by atoms with Gasteiger partial charge < -0.3 is 14.8 Å². The summed E-state index contributed by atoms with van der Waals surface area (Å²) in [6.45, 7) is 2.11. The van der Waals surface area contributed by atoms with E-state index in [0.717, 1.165) is 23.8 Å². The van der Waals surface area contributed by atoms with Gasteiger partial charge in [-0.05, 0) is 36.6 Å². The first-order chi connectivity index (χ1) is 10.3. The Balaban J connectivity index is 1.47. The molecule has 0 aromatic carbocycles. The van der Waals surface area contributed by atoms with Gasteiger partial charge in [-0.1, -0.05) is 12.5 Å². The van der Waals surface area contributed by atoms with Crippen LogP contribution in [0.4, 0.5) is 0 Å². The van der Waals surface area contributed by atoms with Crippen LogP contribution in [0.5, 0.6) is 0 Å². The molecule has 0 radical (unpaired) electrons. The Morgan fingerprint density at radius 3 is 3.05 bits per heavy atom. The summed E-state index contributed by atoms with van der Waals surface area (Å²) in [6.07, 6.45) is 5.20. The van der Waals surface area contributed by atoms with Gasteiger partial charge in [0.15, 0.2) is 0 Å². The number of nitrogens with one attached hydrogen (secondary N) is 1. The Morgan fingerprint density at radius 1 is 1.43 bits per heavy atom. The molecule has 21 heavy (non-hydrogen) atoms. The number of thiophene rings is 1. The predicted molar refractivity (Wildman–Crippen MR) is 82.5 cm³/mol. The maximum absolute atomic E-state index is 12.1. The Bertz CT molecular complexity index is 444. The molecule has 116 valence electrons. The third-order valence-electron chi connectivity index (χ3n) is 4.34. The molecule has 2 atom stereocenters. The quantitative estimate of drug-likeness (QED) is 0.877. The molecule has 2 heterocycles. The van der Waals surface area contributed by atoms with Gasteiger partial charge in [-0.15, -0.1) is 11.3 Å². The van der Waals surface area contributed by atoms with E-state index in [1.165, 1.54) is 19.3 Å². The topological polar surface area (TPSA) is 47.6 Å². The summed E-state index contributed by atoms with van der Waals surface area (Å²) in [5.41, 5.74) is 0. The lowest BCUT2D eigenvalue weighted by Gasteiger charge is -2.34. The van der Waals surface area contributed by atoms with Gasteiger partial charge in [-0.3, -0.25) is 4.79 Å². The van der Waals surface area contributed by atoms with Crippen molar-refractivity contribution in [1.29, 1.82) is 0 Å². The highest BCUT2D eigenvalue weighted by Crippen LogP contribution is 2.27. The van der Waals surface area contributed by atoms with E-state index in [1.807, 2.05) is 17.5 Å². The summed E-state index contributed by atoms with van der Waals surface area (Å²) in [7, 11) is 0. The fraction of sp³-hybridized carbons (Fsp3) is 0.688. The predicted octanol–water partition coefficient (Wildman–Crippen LogP) is 2.38. The highest BCUT2D eigenvalue weighted by atomic mass is 32.1. The van der Waals surface area contributed by atoms with Crippen molar-refractivity contribution in [2.24, 2.45) is 5.92 Å². The average Bonchev–Trinajstić information content (AvgIpc) is 2.91. The van der Waals surface area contributed by atoms with Gasteiger partial charge in [-0.2, -0.15) is 0 Å². The first-order valence-electron chi connectivity index (χ1n) is 7.82. The van der Waals surface area contributed by atoms with Crippen LogP contribution in [-0.2, 0) is 20.7 Å². The van der Waals surface area contributed by atoms with Crippen molar-refractivity contribution in [3.8, 4) is 0 Å². The number of carbonyl (C=O) groups excluding carboxylic acids is 1. The van der Waals surface area contributed by atoms with Crippen LogP contribution in [0, 0.1) is 5.92 Å². The lowest BCUT2D eigenvalue weighted by Crippen LogP contribution is -2.50. The zero-order chi connectivity index (χ0) is 14.5. The van der Waals surface area contributed by atoms with Crippen LogP contribution in [0.3, 0.4) is 0 Å². The number of rotatable bonds is 6. The molecule has 4 nitrogen and oxygen atoms in total. The third kappa shape index (κ3) is 4.28. The van der Waals surface area contributed by atoms with Crippen molar-refractivity contribution in [2.45, 2.75) is 44.2 Å². The van der Waals surface area contributed by atoms with Gasteiger partial charge in [-0.25, -0.2) is 0 Å². The first kappa shape index (κ1) is 15.0. The summed E-state index contributed by atoms with van der Waals surface area (Å²) < 4.78 is 11.5. The molecule has 2 fully saturated rings. The summed E-state index contributed by atoms with van der Waals surface area (Å²) >= 11 is 1.62. The second kappa shape index (κ2) is 7.38. The molecule has 1 aromatic rings. The molecule has 1 saturated heterocycles. The maximum Gasteiger partial charge on any atom is 0.225 e. The van der Waals surface area contributed by atoms with Crippen molar-refractivity contribution in [2.75, 3.05) is 19.8 Å². The van der Waals surface area contributed by atoms with Crippen molar-refractivity contribution in [3.63, 3.8) is 0 Å². The standard InChI is InChI=1S/C16H23NO3S/c18-16(9-13-5-2-8-21-13)17-14-6-7-19-11-15(14)20-10-12-3-1-4-12/h2,5,8,12,14-15H,1,3-4,6-7,9-11H2,(H,17,18)/t14-,15-/m1/s1. The molecule has 1 aliphatic heterocycles. The van der Waals surface area contributed by atoms with E-state index in [-0.39, 0.29) is 18.1 Å². The minimum absolute atomic E-state index is 0.00614. The second-order valence-electron chi connectivity index (χ2n) is 5.96. The number of carbonyl (C=O) groups is 1. The smallest absolute Gasteiger partial charge is 0.225 e. The maximum atomic E-state index is 12.1. The molecule has 1 saturated carbocycles. The number of hydrogen-bond donors (Lipinski definition) is 1. The second-order valence-corrected chi connectivity index (χ2v) is 6.99. The molecule has 1 aliphatic carbocycles. The third-order valence-corrected chi connectivity index (χ3v) is 5.21. The average molecular weight is 309 g/mol. The molecule has 0 unspecified atom stereocenters. The van der Waals surface area contributed by atoms with Crippen molar-refractivity contribution >= 4 is 17.2 Å². The fourth-order valence-electron chi connectivity index (χ4n) is 2.79. The zero-order valence-corrected chi connectivity index (χ0v) is 13.1. The van der Waals surface area contributed by atoms with Crippen LogP contribution in [-0.4, -0.2) is 37.9 Å². The highest BCUT2D eigenvalue weighted by molar-refractivity contribution is 7.10. The molecule has 1 aromatic heterocycles. The van der Waals surface area contributed by atoms with Gasteiger partial charge >= 0.3 is 0 Å². The van der Waals surface area contributed by atoms with E-state index in [9.17, 15) is 4.79 Å². The van der Waals surface area contributed by atoms with Gasteiger partial charge in [0.1, 0.15) is 6.10 Å². The van der Waals surface area contributed by atoms with E-state index in [2.05, 4.69) is 5.32 Å². The van der Waals surface area contributed by atoms with E-state index in [4.69, 9.17) is 9.47 Å².